The van der Waals surface area contributed by atoms with Crippen molar-refractivity contribution in [3.8, 4) is 0 Å². The van der Waals surface area contributed by atoms with Crippen molar-refractivity contribution in [3.05, 3.63) is 35.4 Å². The van der Waals surface area contributed by atoms with E-state index in [1.807, 2.05) is 19.1 Å². The minimum absolute atomic E-state index is 0.406. The first-order chi connectivity index (χ1) is 12.4. The number of carbonyl (C=O) groups is 3. The van der Waals surface area contributed by atoms with Gasteiger partial charge in [-0.2, -0.15) is 5.01 Å². The highest BCUT2D eigenvalue weighted by Crippen LogP contribution is 2.23. The Balaban J connectivity index is 1.95. The average molecular weight is 359 g/mol. The van der Waals surface area contributed by atoms with Crippen LogP contribution < -0.4 is 10.7 Å². The maximum absolute atomic E-state index is 12.7. The molecule has 1 aromatic carbocycles. The van der Waals surface area contributed by atoms with E-state index in [-0.39, 0.29) is 0 Å². The third-order valence-corrected chi connectivity index (χ3v) is 4.88. The van der Waals surface area contributed by atoms with Crippen molar-refractivity contribution in [2.24, 2.45) is 0 Å². The van der Waals surface area contributed by atoms with E-state index in [2.05, 4.69) is 17.7 Å². The van der Waals surface area contributed by atoms with Gasteiger partial charge in [-0.15, -0.1) is 0 Å². The van der Waals surface area contributed by atoms with E-state index in [0.717, 1.165) is 42.7 Å². The largest absolute Gasteiger partial charge is 0.344 e. The molecule has 0 aliphatic carbocycles. The van der Waals surface area contributed by atoms with E-state index >= 15 is 0 Å². The van der Waals surface area contributed by atoms with Crippen molar-refractivity contribution < 1.29 is 14.4 Å². The van der Waals surface area contributed by atoms with Crippen molar-refractivity contribution in [2.45, 2.75) is 71.3 Å². The molecule has 1 saturated heterocycles. The number of hydrogen-bond donors (Lipinski definition) is 2. The molecule has 1 unspecified atom stereocenters. The first-order valence-corrected chi connectivity index (χ1v) is 9.48. The van der Waals surface area contributed by atoms with Crippen molar-refractivity contribution >= 4 is 17.8 Å². The normalized spacial score (nSPS) is 19.6. The fourth-order valence-electron chi connectivity index (χ4n) is 3.10. The van der Waals surface area contributed by atoms with Crippen molar-refractivity contribution in [3.63, 3.8) is 0 Å². The number of rotatable bonds is 9. The molecule has 142 valence electrons. The number of unbranched alkanes of at least 4 members (excludes halogenated alkanes) is 4. The average Bonchev–Trinajstić information content (AvgIpc) is 2.85. The number of carbonyl (C=O) groups excluding carboxylic acids is 3. The summed E-state index contributed by atoms with van der Waals surface area (Å²) in [5, 5.41) is 3.53. The molecule has 2 rings (SSSR count). The van der Waals surface area contributed by atoms with Crippen molar-refractivity contribution in [1.29, 1.82) is 0 Å². The van der Waals surface area contributed by atoms with Gasteiger partial charge in [0.25, 0.3) is 11.8 Å². The molecule has 0 saturated carbocycles. The zero-order chi connectivity index (χ0) is 19.2. The van der Waals surface area contributed by atoms with Gasteiger partial charge >= 0.3 is 6.03 Å². The highest BCUT2D eigenvalue weighted by atomic mass is 16.2. The van der Waals surface area contributed by atoms with E-state index < -0.39 is 23.4 Å². The van der Waals surface area contributed by atoms with Crippen LogP contribution in [0.3, 0.4) is 0 Å². The van der Waals surface area contributed by atoms with Gasteiger partial charge in [0.05, 0.1) is 0 Å². The van der Waals surface area contributed by atoms with Crippen LogP contribution in [0.2, 0.25) is 0 Å². The lowest BCUT2D eigenvalue weighted by atomic mass is 9.94. The summed E-state index contributed by atoms with van der Waals surface area (Å²) in [5.74, 6) is -0.875. The second-order valence-corrected chi connectivity index (χ2v) is 7.06. The summed E-state index contributed by atoms with van der Waals surface area (Å²) < 4.78 is 0. The van der Waals surface area contributed by atoms with Crippen molar-refractivity contribution in [1.82, 2.24) is 15.8 Å². The highest BCUT2D eigenvalue weighted by molar-refractivity contribution is 6.09. The maximum Gasteiger partial charge on any atom is 0.344 e. The summed E-state index contributed by atoms with van der Waals surface area (Å²) >= 11 is 0. The minimum Gasteiger partial charge on any atom is -0.322 e. The van der Waals surface area contributed by atoms with E-state index in [1.54, 1.807) is 19.1 Å². The molecule has 6 nitrogen and oxygen atoms in total. The van der Waals surface area contributed by atoms with Crippen molar-refractivity contribution in [2.75, 3.05) is 0 Å². The molecular formula is C20H29N3O3. The third kappa shape index (κ3) is 4.62. The molecular weight excluding hydrogens is 330 g/mol. The van der Waals surface area contributed by atoms with Crippen LogP contribution in [0.15, 0.2) is 24.3 Å². The SMILES string of the molecule is CCCCCCCC1(C)NC(=O)N(NC(=O)c2ccc(CC)cc2)C1=O. The van der Waals surface area contributed by atoms with Gasteiger partial charge in [0, 0.05) is 5.56 Å². The molecule has 0 aromatic heterocycles. The number of aryl methyl sites for hydroxylation is 1. The molecule has 1 fully saturated rings. The Morgan fingerprint density at radius 3 is 2.35 bits per heavy atom. The number of nitrogens with zero attached hydrogens (tertiary/aromatic N) is 1. The monoisotopic (exact) mass is 359 g/mol. The zero-order valence-corrected chi connectivity index (χ0v) is 15.9. The summed E-state index contributed by atoms with van der Waals surface area (Å²) in [6, 6.07) is 6.53. The lowest BCUT2D eigenvalue weighted by Gasteiger charge is -2.21. The van der Waals surface area contributed by atoms with Crippen LogP contribution >= 0.6 is 0 Å². The van der Waals surface area contributed by atoms with Crippen LogP contribution in [0.4, 0.5) is 4.79 Å². The lowest BCUT2D eigenvalue weighted by molar-refractivity contribution is -0.132. The molecule has 0 spiro atoms. The highest BCUT2D eigenvalue weighted by Gasteiger charge is 2.48. The molecule has 1 heterocycles. The predicted octanol–water partition coefficient (Wildman–Crippen LogP) is 3.56. The summed E-state index contributed by atoms with van der Waals surface area (Å²) in [7, 11) is 0. The summed E-state index contributed by atoms with van der Waals surface area (Å²) in [6.45, 7) is 5.90. The van der Waals surface area contributed by atoms with Gasteiger partial charge in [-0.05, 0) is 37.5 Å². The van der Waals surface area contributed by atoms with Gasteiger partial charge in [0.2, 0.25) is 0 Å². The quantitative estimate of drug-likeness (QED) is 0.523. The van der Waals surface area contributed by atoms with Crippen LogP contribution in [-0.2, 0) is 11.2 Å². The second-order valence-electron chi connectivity index (χ2n) is 7.06. The fraction of sp³-hybridized carbons (Fsp3) is 0.550. The zero-order valence-electron chi connectivity index (χ0n) is 15.9. The Morgan fingerprint density at radius 2 is 1.73 bits per heavy atom. The number of amides is 4. The Hall–Kier alpha value is -2.37. The molecule has 1 atom stereocenters. The first-order valence-electron chi connectivity index (χ1n) is 9.48. The summed E-state index contributed by atoms with van der Waals surface area (Å²) in [5.41, 5.74) is 3.01. The predicted molar refractivity (Wildman–Crippen MR) is 100 cm³/mol. The molecule has 1 aliphatic rings. The molecule has 2 N–H and O–H groups in total. The van der Waals surface area contributed by atoms with Gasteiger partial charge in [0.15, 0.2) is 0 Å². The van der Waals surface area contributed by atoms with Crippen LogP contribution in [0.25, 0.3) is 0 Å². The number of imide groups is 1. The molecule has 6 heteroatoms. The Kier molecular flexibility index (Phi) is 6.77. The number of hydrazine groups is 1. The van der Waals surface area contributed by atoms with Crippen LogP contribution in [0, 0.1) is 0 Å². The smallest absolute Gasteiger partial charge is 0.322 e. The standard InChI is InChI=1S/C20H29N3O3/c1-4-6-7-8-9-14-20(3)18(25)23(19(26)21-20)22-17(24)16-12-10-15(5-2)11-13-16/h10-13H,4-9,14H2,1-3H3,(H,21,26)(H,22,24). The summed E-state index contributed by atoms with van der Waals surface area (Å²) in [6.07, 6.45) is 6.81. The number of benzene rings is 1. The number of nitrogens with one attached hydrogen (secondary N) is 2. The van der Waals surface area contributed by atoms with Gasteiger partial charge < -0.3 is 5.32 Å². The van der Waals surface area contributed by atoms with E-state index in [9.17, 15) is 14.4 Å². The molecule has 4 amide bonds. The Labute approximate surface area is 155 Å². The van der Waals surface area contributed by atoms with Crippen LogP contribution in [-0.4, -0.2) is 28.4 Å². The Bertz CT molecular complexity index is 657. The molecule has 1 aliphatic heterocycles. The lowest BCUT2D eigenvalue weighted by Crippen LogP contribution is -2.48. The van der Waals surface area contributed by atoms with Gasteiger partial charge in [0.1, 0.15) is 5.54 Å². The molecule has 1 aromatic rings. The van der Waals surface area contributed by atoms with E-state index in [0.29, 0.717) is 12.0 Å². The van der Waals surface area contributed by atoms with Crippen LogP contribution in [0.5, 0.6) is 0 Å². The van der Waals surface area contributed by atoms with E-state index in [4.69, 9.17) is 0 Å². The molecule has 0 bridgehead atoms. The fourth-order valence-corrected chi connectivity index (χ4v) is 3.10. The molecule has 0 radical (unpaired) electrons. The number of hydrogen-bond acceptors (Lipinski definition) is 3. The minimum atomic E-state index is -0.956. The van der Waals surface area contributed by atoms with Gasteiger partial charge in [-0.3, -0.25) is 15.0 Å². The Morgan fingerprint density at radius 1 is 1.08 bits per heavy atom. The summed E-state index contributed by atoms with van der Waals surface area (Å²) in [4.78, 5) is 37.2. The second kappa shape index (κ2) is 8.83. The van der Waals surface area contributed by atoms with Gasteiger partial charge in [-0.25, -0.2) is 4.79 Å². The topological polar surface area (TPSA) is 78.5 Å². The maximum atomic E-state index is 12.7. The van der Waals surface area contributed by atoms with Gasteiger partial charge in [-0.1, -0.05) is 58.1 Å². The number of urea groups is 1. The van der Waals surface area contributed by atoms with Crippen LogP contribution in [0.1, 0.15) is 75.2 Å². The third-order valence-electron chi connectivity index (χ3n) is 4.88. The first kappa shape index (κ1) is 19.9. The van der Waals surface area contributed by atoms with E-state index in [1.165, 1.54) is 6.42 Å². The molecule has 26 heavy (non-hydrogen) atoms.